The highest BCUT2D eigenvalue weighted by Gasteiger charge is 2.44. The number of carbonyl (C=O) groups excluding carboxylic acids is 1. The van der Waals surface area contributed by atoms with Crippen LogP contribution in [0.1, 0.15) is 45.9 Å². The van der Waals surface area contributed by atoms with Crippen molar-refractivity contribution in [1.29, 1.82) is 0 Å². The van der Waals surface area contributed by atoms with Crippen molar-refractivity contribution in [2.75, 3.05) is 19.8 Å². The molecule has 0 bridgehead atoms. The van der Waals surface area contributed by atoms with Crippen LogP contribution in [0.5, 0.6) is 5.75 Å². The van der Waals surface area contributed by atoms with Crippen LogP contribution in [0.15, 0.2) is 36.4 Å². The van der Waals surface area contributed by atoms with E-state index in [2.05, 4.69) is 5.32 Å². The molecule has 1 fully saturated rings. The quantitative estimate of drug-likeness (QED) is 0.252. The number of hydrogen-bond donors (Lipinski definition) is 7. The molecule has 9 heteroatoms. The van der Waals surface area contributed by atoms with E-state index in [1.54, 1.807) is 6.07 Å². The van der Waals surface area contributed by atoms with Crippen LogP contribution < -0.4 is 5.32 Å². The van der Waals surface area contributed by atoms with E-state index < -0.39 is 28.8 Å². The molecule has 0 saturated carbocycles. The molecule has 2 aromatic carbocycles. The van der Waals surface area contributed by atoms with Crippen LogP contribution in [0.3, 0.4) is 0 Å². The summed E-state index contributed by atoms with van der Waals surface area (Å²) in [6.07, 6.45) is -1.47. The smallest absolute Gasteiger partial charge is 0.220 e. The Morgan fingerprint density at radius 3 is 2.34 bits per heavy atom. The fourth-order valence-corrected chi connectivity index (χ4v) is 5.76. The number of aliphatic hydroxyl groups excluding tert-OH is 5. The van der Waals surface area contributed by atoms with Gasteiger partial charge in [0, 0.05) is 18.5 Å². The second-order valence-corrected chi connectivity index (χ2v) is 10.4. The van der Waals surface area contributed by atoms with E-state index in [4.69, 9.17) is 5.11 Å². The van der Waals surface area contributed by atoms with Crippen LogP contribution in [0.4, 0.5) is 0 Å². The lowest BCUT2D eigenvalue weighted by atomic mass is 9.92. The third kappa shape index (κ3) is 6.97. The van der Waals surface area contributed by atoms with Gasteiger partial charge in [0.05, 0.1) is 35.9 Å². The molecule has 1 aliphatic rings. The predicted octanol–water partition coefficient (Wildman–Crippen LogP) is 0.954. The van der Waals surface area contributed by atoms with E-state index in [1.807, 2.05) is 37.3 Å². The minimum Gasteiger partial charge on any atom is -0.508 e. The second-order valence-electron chi connectivity index (χ2n) is 9.01. The summed E-state index contributed by atoms with van der Waals surface area (Å²) in [7, 11) is 0. The Kier molecular flexibility index (Phi) is 9.97. The molecule has 0 radical (unpaired) electrons. The van der Waals surface area contributed by atoms with E-state index in [9.17, 15) is 30.3 Å². The van der Waals surface area contributed by atoms with Gasteiger partial charge in [-0.15, -0.1) is 11.8 Å². The van der Waals surface area contributed by atoms with Gasteiger partial charge in [-0.05, 0) is 54.5 Å². The Morgan fingerprint density at radius 2 is 1.69 bits per heavy atom. The predicted molar refractivity (Wildman–Crippen MR) is 134 cm³/mol. The number of benzene rings is 2. The van der Waals surface area contributed by atoms with Crippen LogP contribution in [-0.4, -0.2) is 79.9 Å². The molecule has 3 rings (SSSR count). The maximum absolute atomic E-state index is 11.6. The van der Waals surface area contributed by atoms with Gasteiger partial charge in [0.2, 0.25) is 5.91 Å². The van der Waals surface area contributed by atoms with E-state index >= 15 is 0 Å². The number of hydrogen-bond acceptors (Lipinski definition) is 8. The number of aromatic hydroxyl groups is 1. The normalized spacial score (nSPS) is 24.3. The lowest BCUT2D eigenvalue weighted by molar-refractivity contribution is -0.121. The third-order valence-corrected chi connectivity index (χ3v) is 8.01. The Morgan fingerprint density at radius 1 is 1.00 bits per heavy atom. The Labute approximate surface area is 209 Å². The van der Waals surface area contributed by atoms with Crippen molar-refractivity contribution in [2.24, 2.45) is 0 Å². The molecule has 0 spiro atoms. The van der Waals surface area contributed by atoms with Crippen LogP contribution in [-0.2, 0) is 17.6 Å². The standard InChI is InChI=1S/C26H35NO7S/c1-15-11-20(30)19(26-25(34)24(33)23(32)21(14-29)35-26)13-18(15)12-17-7-5-16(6-8-17)3-2-4-22(31)27-9-10-28/h5-8,11,13,21,23-26,28-30,32-34H,2-4,9-10,12,14H2,1H3,(H,27,31)/t21-,23-,24+,25-,26+/m1/s1. The van der Waals surface area contributed by atoms with Gasteiger partial charge in [-0.2, -0.15) is 0 Å². The first-order chi connectivity index (χ1) is 16.7. The highest BCUT2D eigenvalue weighted by Crippen LogP contribution is 2.46. The molecule has 8 nitrogen and oxygen atoms in total. The summed E-state index contributed by atoms with van der Waals surface area (Å²) in [5.41, 5.74) is 4.49. The summed E-state index contributed by atoms with van der Waals surface area (Å²) in [4.78, 5) is 11.6. The number of nitrogens with one attached hydrogen (secondary N) is 1. The van der Waals surface area contributed by atoms with E-state index in [0.29, 0.717) is 24.8 Å². The molecule has 0 aliphatic carbocycles. The summed E-state index contributed by atoms with van der Waals surface area (Å²) < 4.78 is 0. The molecule has 192 valence electrons. The average Bonchev–Trinajstić information content (AvgIpc) is 2.84. The van der Waals surface area contributed by atoms with Gasteiger partial charge < -0.3 is 36.0 Å². The van der Waals surface area contributed by atoms with E-state index in [0.717, 1.165) is 40.4 Å². The number of rotatable bonds is 10. The largest absolute Gasteiger partial charge is 0.508 e. The number of phenolic OH excluding ortho intramolecular Hbond substituents is 1. The molecular weight excluding hydrogens is 470 g/mol. The molecule has 1 saturated heterocycles. The number of aryl methyl sites for hydroxylation is 2. The summed E-state index contributed by atoms with van der Waals surface area (Å²) >= 11 is 1.14. The van der Waals surface area contributed by atoms with Gasteiger partial charge in [0.15, 0.2) is 0 Å². The van der Waals surface area contributed by atoms with Crippen molar-refractivity contribution in [3.05, 3.63) is 64.2 Å². The zero-order valence-corrected chi connectivity index (χ0v) is 20.6. The molecule has 1 aliphatic heterocycles. The van der Waals surface area contributed by atoms with Gasteiger partial charge in [0.1, 0.15) is 11.9 Å². The fourth-order valence-electron chi connectivity index (χ4n) is 4.31. The van der Waals surface area contributed by atoms with Crippen LogP contribution >= 0.6 is 11.8 Å². The summed E-state index contributed by atoms with van der Waals surface area (Å²) in [6.45, 7) is 1.75. The topological polar surface area (TPSA) is 150 Å². The molecule has 0 unspecified atom stereocenters. The summed E-state index contributed by atoms with van der Waals surface area (Å²) in [5, 5.41) is 61.1. The maximum Gasteiger partial charge on any atom is 0.220 e. The van der Waals surface area contributed by atoms with Crippen molar-refractivity contribution in [3.8, 4) is 5.75 Å². The molecule has 1 heterocycles. The number of aliphatic hydroxyl groups is 5. The number of thioether (sulfide) groups is 1. The molecule has 35 heavy (non-hydrogen) atoms. The van der Waals surface area contributed by atoms with Crippen molar-refractivity contribution in [1.82, 2.24) is 5.32 Å². The zero-order chi connectivity index (χ0) is 25.5. The number of phenols is 1. The monoisotopic (exact) mass is 505 g/mol. The Balaban J connectivity index is 1.69. The van der Waals surface area contributed by atoms with E-state index in [1.165, 1.54) is 0 Å². The van der Waals surface area contributed by atoms with E-state index in [-0.39, 0.29) is 31.4 Å². The van der Waals surface area contributed by atoms with Crippen molar-refractivity contribution in [3.63, 3.8) is 0 Å². The fraction of sp³-hybridized carbons (Fsp3) is 0.500. The van der Waals surface area contributed by atoms with Crippen molar-refractivity contribution < 1.29 is 35.4 Å². The molecule has 1 amide bonds. The first kappa shape index (κ1) is 27.4. The first-order valence-electron chi connectivity index (χ1n) is 11.8. The summed E-state index contributed by atoms with van der Waals surface area (Å²) in [6, 6.07) is 11.6. The van der Waals surface area contributed by atoms with Gasteiger partial charge >= 0.3 is 0 Å². The zero-order valence-electron chi connectivity index (χ0n) is 19.8. The second kappa shape index (κ2) is 12.7. The molecule has 0 aromatic heterocycles. The molecule has 7 N–H and O–H groups in total. The van der Waals surface area contributed by atoms with Crippen molar-refractivity contribution >= 4 is 17.7 Å². The SMILES string of the molecule is Cc1cc(O)c([C@@H]2S[C@H](CO)[C@@H](O)[C@H](O)[C@H]2O)cc1Cc1ccc(CCCC(=O)NCCO)cc1. The lowest BCUT2D eigenvalue weighted by Crippen LogP contribution is -2.51. The van der Waals surface area contributed by atoms with Gasteiger partial charge in [-0.3, -0.25) is 4.79 Å². The highest BCUT2D eigenvalue weighted by atomic mass is 32.2. The minimum absolute atomic E-state index is 0.00135. The lowest BCUT2D eigenvalue weighted by Gasteiger charge is -2.40. The summed E-state index contributed by atoms with van der Waals surface area (Å²) in [5.74, 6) is -0.0654. The number of amides is 1. The maximum atomic E-state index is 11.6. The van der Waals surface area contributed by atoms with Gasteiger partial charge in [-0.1, -0.05) is 30.3 Å². The third-order valence-electron chi connectivity index (χ3n) is 6.40. The molecule has 5 atom stereocenters. The van der Waals surface area contributed by atoms with Crippen LogP contribution in [0.25, 0.3) is 0 Å². The number of carbonyl (C=O) groups is 1. The molecule has 2 aromatic rings. The van der Waals surface area contributed by atoms with Crippen LogP contribution in [0.2, 0.25) is 0 Å². The molecular formula is C26H35NO7S. The Bertz CT molecular complexity index is 982. The average molecular weight is 506 g/mol. The Hall–Kier alpha value is -2.14. The highest BCUT2D eigenvalue weighted by molar-refractivity contribution is 8.00. The van der Waals surface area contributed by atoms with Crippen molar-refractivity contribution in [2.45, 2.75) is 61.4 Å². The first-order valence-corrected chi connectivity index (χ1v) is 12.8. The minimum atomic E-state index is -1.42. The van der Waals surface area contributed by atoms with Gasteiger partial charge in [0.25, 0.3) is 0 Å². The van der Waals surface area contributed by atoms with Gasteiger partial charge in [-0.25, -0.2) is 0 Å². The van der Waals surface area contributed by atoms with Crippen LogP contribution in [0, 0.1) is 6.92 Å².